The van der Waals surface area contributed by atoms with E-state index in [9.17, 15) is 38.4 Å². The molecule has 0 aromatic rings. The highest BCUT2D eigenvalue weighted by molar-refractivity contribution is 8.76. The number of hydrogen-bond acceptors (Lipinski definition) is 14. The third-order valence-electron chi connectivity index (χ3n) is 11.0. The molecule has 64 heavy (non-hydrogen) atoms. The third kappa shape index (κ3) is 24.4. The number of esters is 2. The molecular weight excluding hydrogens is 905 g/mol. The second-order valence-corrected chi connectivity index (χ2v) is 32.2. The summed E-state index contributed by atoms with van der Waals surface area (Å²) < 4.78 is 23.7. The van der Waals surface area contributed by atoms with Gasteiger partial charge in [0.05, 0.1) is 38.9 Å². The van der Waals surface area contributed by atoms with E-state index in [1.54, 1.807) is 27.7 Å². The van der Waals surface area contributed by atoms with Crippen LogP contribution in [0.2, 0.25) is 36.3 Å². The first kappa shape index (κ1) is 60.8. The Labute approximate surface area is 390 Å². The SMILES string of the molecule is CC(C)(COC(=O)CCC(=O)O)C(O[Si](C)(C)C(C)(C)C)C(=O)NCCC(=O)NCCSSCCNC(=O)CCNC(=O)C(O[Si](C)(C)C(C)(C)C)C(C)(C)COC(=O)CCC(=O)O. The molecule has 0 aliphatic rings. The number of amides is 4. The molecule has 0 aliphatic heterocycles. The number of carbonyl (C=O) groups is 8. The summed E-state index contributed by atoms with van der Waals surface area (Å²) >= 11 is 0. The van der Waals surface area contributed by atoms with Crippen molar-refractivity contribution in [2.45, 2.75) is 156 Å². The average Bonchev–Trinajstić information content (AvgIpc) is 3.15. The molecule has 22 heteroatoms. The van der Waals surface area contributed by atoms with E-state index in [1.165, 1.54) is 21.6 Å². The van der Waals surface area contributed by atoms with Gasteiger partial charge in [0.15, 0.2) is 16.6 Å². The van der Waals surface area contributed by atoms with Crippen LogP contribution in [0.1, 0.15) is 108 Å². The lowest BCUT2D eigenvalue weighted by atomic mass is 9.87. The van der Waals surface area contributed by atoms with Crippen LogP contribution in [0, 0.1) is 10.8 Å². The van der Waals surface area contributed by atoms with E-state index in [-0.39, 0.29) is 86.7 Å². The van der Waals surface area contributed by atoms with Crippen LogP contribution in [-0.4, -0.2) is 137 Å². The van der Waals surface area contributed by atoms with Gasteiger partial charge in [-0.3, -0.25) is 38.4 Å². The van der Waals surface area contributed by atoms with Crippen molar-refractivity contribution in [3.8, 4) is 0 Å². The average molecular weight is 983 g/mol. The van der Waals surface area contributed by atoms with Gasteiger partial charge in [-0.25, -0.2) is 0 Å². The van der Waals surface area contributed by atoms with Gasteiger partial charge in [-0.05, 0) is 36.3 Å². The fourth-order valence-corrected chi connectivity index (χ4v) is 9.42. The molecule has 4 amide bonds. The summed E-state index contributed by atoms with van der Waals surface area (Å²) in [6.07, 6.45) is -3.25. The second kappa shape index (κ2) is 27.5. The van der Waals surface area contributed by atoms with Crippen molar-refractivity contribution in [2.75, 3.05) is 50.9 Å². The van der Waals surface area contributed by atoms with Crippen molar-refractivity contribution in [3.05, 3.63) is 0 Å². The lowest BCUT2D eigenvalue weighted by molar-refractivity contribution is -0.154. The summed E-state index contributed by atoms with van der Waals surface area (Å²) in [5.41, 5.74) is -1.93. The molecule has 18 nitrogen and oxygen atoms in total. The van der Waals surface area contributed by atoms with Crippen molar-refractivity contribution < 1.29 is 66.9 Å². The highest BCUT2D eigenvalue weighted by atomic mass is 33.1. The van der Waals surface area contributed by atoms with Crippen LogP contribution in [0.15, 0.2) is 0 Å². The van der Waals surface area contributed by atoms with Gasteiger partial charge < -0.3 is 49.8 Å². The zero-order chi connectivity index (χ0) is 49.7. The lowest BCUT2D eigenvalue weighted by Crippen LogP contribution is -2.55. The molecule has 0 bridgehead atoms. The number of aliphatic carboxylic acids is 2. The highest BCUT2D eigenvalue weighted by Crippen LogP contribution is 2.41. The van der Waals surface area contributed by atoms with Crippen molar-refractivity contribution in [2.24, 2.45) is 10.8 Å². The van der Waals surface area contributed by atoms with E-state index >= 15 is 0 Å². The van der Waals surface area contributed by atoms with Crippen molar-refractivity contribution >= 4 is 85.7 Å². The normalized spacial score (nSPS) is 13.5. The molecule has 0 rings (SSSR count). The molecule has 0 fully saturated rings. The number of carboxylic acid groups (broad SMARTS) is 2. The van der Waals surface area contributed by atoms with Crippen molar-refractivity contribution in [1.82, 2.24) is 21.3 Å². The molecule has 0 radical (unpaired) electrons. The molecule has 2 atom stereocenters. The van der Waals surface area contributed by atoms with Gasteiger partial charge in [-0.1, -0.05) is 90.8 Å². The summed E-state index contributed by atoms with van der Waals surface area (Å²) in [6.45, 7) is 27.7. The maximum Gasteiger partial charge on any atom is 0.306 e. The number of rotatable bonds is 31. The van der Waals surface area contributed by atoms with E-state index in [2.05, 4.69) is 21.3 Å². The number of hydrogen-bond donors (Lipinski definition) is 6. The minimum Gasteiger partial charge on any atom is -0.481 e. The van der Waals surface area contributed by atoms with E-state index in [1.807, 2.05) is 67.7 Å². The Hall–Kier alpha value is -3.19. The van der Waals surface area contributed by atoms with Crippen molar-refractivity contribution in [1.29, 1.82) is 0 Å². The molecule has 0 saturated carbocycles. The summed E-state index contributed by atoms with van der Waals surface area (Å²) in [5.74, 6) is -3.80. The highest BCUT2D eigenvalue weighted by Gasteiger charge is 2.47. The van der Waals surface area contributed by atoms with Gasteiger partial charge >= 0.3 is 23.9 Å². The zero-order valence-electron chi connectivity index (χ0n) is 40.7. The van der Waals surface area contributed by atoms with Gasteiger partial charge in [0.25, 0.3) is 0 Å². The summed E-state index contributed by atoms with van der Waals surface area (Å²) in [4.78, 5) is 98.1. The molecule has 0 aromatic heterocycles. The fraction of sp³-hybridized carbons (Fsp3) is 0.810. The molecule has 2 unspecified atom stereocenters. The number of carboxylic acids is 2. The topological polar surface area (TPSA) is 262 Å². The van der Waals surface area contributed by atoms with Gasteiger partial charge in [0, 0.05) is 61.4 Å². The predicted octanol–water partition coefficient (Wildman–Crippen LogP) is 5.26. The van der Waals surface area contributed by atoms with Crippen LogP contribution in [-0.2, 0) is 56.7 Å². The predicted molar refractivity (Wildman–Crippen MR) is 254 cm³/mol. The maximum absolute atomic E-state index is 13.5. The summed E-state index contributed by atoms with van der Waals surface area (Å²) in [5, 5.41) is 28.5. The summed E-state index contributed by atoms with van der Waals surface area (Å²) in [7, 11) is -1.93. The van der Waals surface area contributed by atoms with Crippen molar-refractivity contribution in [3.63, 3.8) is 0 Å². The molecule has 0 aliphatic carbocycles. The molecule has 370 valence electrons. The van der Waals surface area contributed by atoms with Gasteiger partial charge in [-0.2, -0.15) is 0 Å². The molecule has 0 spiro atoms. The third-order valence-corrected chi connectivity index (χ3v) is 22.3. The van der Waals surface area contributed by atoms with Crippen LogP contribution in [0.5, 0.6) is 0 Å². The maximum atomic E-state index is 13.5. The van der Waals surface area contributed by atoms with Gasteiger partial charge in [0.2, 0.25) is 23.6 Å². The number of carbonyl (C=O) groups excluding carboxylic acids is 6. The Balaban J connectivity index is 4.83. The van der Waals surface area contributed by atoms with Crippen LogP contribution < -0.4 is 21.3 Å². The Kier molecular flexibility index (Phi) is 26.1. The van der Waals surface area contributed by atoms with Crippen LogP contribution >= 0.6 is 21.6 Å². The summed E-state index contributed by atoms with van der Waals surface area (Å²) in [6, 6.07) is 0. The number of nitrogens with one attached hydrogen (secondary N) is 4. The molecular formula is C42H78N4O14S2Si2. The quantitative estimate of drug-likeness (QED) is 0.0224. The van der Waals surface area contributed by atoms with Gasteiger partial charge in [0.1, 0.15) is 12.2 Å². The zero-order valence-corrected chi connectivity index (χ0v) is 44.3. The molecule has 0 heterocycles. The first-order valence-electron chi connectivity index (χ1n) is 21.6. The van der Waals surface area contributed by atoms with E-state index < -0.39 is 75.4 Å². The lowest BCUT2D eigenvalue weighted by Gasteiger charge is -2.43. The van der Waals surface area contributed by atoms with Crippen LogP contribution in [0.4, 0.5) is 0 Å². The Bertz CT molecular complexity index is 1470. The number of ether oxygens (including phenoxy) is 2. The molecule has 0 aromatic carbocycles. The Morgan fingerprint density at radius 1 is 0.484 bits per heavy atom. The Morgan fingerprint density at radius 2 is 0.797 bits per heavy atom. The Morgan fingerprint density at radius 3 is 1.08 bits per heavy atom. The second-order valence-electron chi connectivity index (χ2n) is 20.0. The standard InChI is InChI=1S/C42H78N4O14S2Si2/c1-39(2,3)63(11,12)59-35(41(7,8)27-57-33(53)17-15-31(49)50)37(55)45-21-19-29(47)43-23-25-61-62-26-24-44-30(48)20-22-46-38(56)36(60-64(13,14)40(4,5)6)42(9,10)28-58-34(54)18-16-32(51)52/h35-36H,15-28H2,1-14H3,(H,43,47)(H,44,48)(H,45,55)(H,46,56)(H,49,50)(H,51,52). The minimum absolute atomic E-state index is 0.0289. The van der Waals surface area contributed by atoms with E-state index in [0.717, 1.165) is 0 Å². The van der Waals surface area contributed by atoms with Gasteiger partial charge in [-0.15, -0.1) is 0 Å². The van der Waals surface area contributed by atoms with Crippen LogP contribution in [0.25, 0.3) is 0 Å². The molecule has 0 saturated heterocycles. The van der Waals surface area contributed by atoms with Crippen LogP contribution in [0.3, 0.4) is 0 Å². The largest absolute Gasteiger partial charge is 0.481 e. The van der Waals surface area contributed by atoms with E-state index in [0.29, 0.717) is 24.6 Å². The first-order chi connectivity index (χ1) is 29.1. The smallest absolute Gasteiger partial charge is 0.306 e. The first-order valence-corrected chi connectivity index (χ1v) is 29.9. The van der Waals surface area contributed by atoms with E-state index in [4.69, 9.17) is 28.5 Å². The monoisotopic (exact) mass is 982 g/mol. The molecule has 6 N–H and O–H groups in total. The minimum atomic E-state index is -2.49. The fourth-order valence-electron chi connectivity index (χ4n) is 4.87.